The molecule has 0 fully saturated rings. The minimum Gasteiger partial charge on any atom is -0.337 e. The molecule has 2 unspecified atom stereocenters. The lowest BCUT2D eigenvalue weighted by Gasteiger charge is -2.43. The van der Waals surface area contributed by atoms with E-state index in [1.807, 2.05) is 74.9 Å². The summed E-state index contributed by atoms with van der Waals surface area (Å²) in [5.41, 5.74) is 2.70. The number of amidine groups is 1. The summed E-state index contributed by atoms with van der Waals surface area (Å²) in [6, 6.07) is 17.7. The number of hydrogen-bond donors (Lipinski definition) is 0. The van der Waals surface area contributed by atoms with E-state index in [4.69, 9.17) is 4.99 Å². The molecule has 4 heterocycles. The van der Waals surface area contributed by atoms with Crippen molar-refractivity contribution in [2.24, 2.45) is 4.99 Å². The Morgan fingerprint density at radius 1 is 0.731 bits per heavy atom. The van der Waals surface area contributed by atoms with E-state index in [0.717, 1.165) is 22.9 Å². The molecule has 130 valence electrons. The standard InChI is InChI=1S/C20H20N6/c1-25-18(15-9-3-6-12-21-15)24-19(16-10-4-7-13-22-16)26(2)20(25)17-11-5-8-14-23-17/h3-14,18,20H,1-2H3. The molecular formula is C20H20N6. The predicted molar refractivity (Wildman–Crippen MR) is 100 cm³/mol. The van der Waals surface area contributed by atoms with Gasteiger partial charge in [0.2, 0.25) is 0 Å². The van der Waals surface area contributed by atoms with Crippen LogP contribution in [0.2, 0.25) is 0 Å². The zero-order valence-corrected chi connectivity index (χ0v) is 14.8. The predicted octanol–water partition coefficient (Wildman–Crippen LogP) is 2.89. The van der Waals surface area contributed by atoms with E-state index in [1.54, 1.807) is 12.4 Å². The number of hydrogen-bond acceptors (Lipinski definition) is 6. The molecule has 3 aromatic heterocycles. The van der Waals surface area contributed by atoms with Crippen molar-refractivity contribution >= 4 is 5.84 Å². The van der Waals surface area contributed by atoms with E-state index in [9.17, 15) is 0 Å². The zero-order chi connectivity index (χ0) is 17.9. The number of aromatic nitrogens is 3. The van der Waals surface area contributed by atoms with Crippen molar-refractivity contribution in [1.82, 2.24) is 24.8 Å². The van der Waals surface area contributed by atoms with E-state index in [0.29, 0.717) is 0 Å². The molecule has 2 atom stereocenters. The quantitative estimate of drug-likeness (QED) is 0.731. The Hall–Kier alpha value is -3.12. The first kappa shape index (κ1) is 16.4. The summed E-state index contributed by atoms with van der Waals surface area (Å²) in [4.78, 5) is 22.9. The molecule has 0 amide bonds. The van der Waals surface area contributed by atoms with Gasteiger partial charge in [-0.25, -0.2) is 4.99 Å². The first-order valence-electron chi connectivity index (χ1n) is 8.51. The van der Waals surface area contributed by atoms with Gasteiger partial charge in [0.05, 0.1) is 11.4 Å². The van der Waals surface area contributed by atoms with Crippen LogP contribution in [0.15, 0.2) is 78.2 Å². The minimum atomic E-state index is -0.212. The lowest BCUT2D eigenvalue weighted by molar-refractivity contribution is 0.0692. The molecule has 0 saturated carbocycles. The summed E-state index contributed by atoms with van der Waals surface area (Å²) >= 11 is 0. The molecule has 0 bridgehead atoms. The van der Waals surface area contributed by atoms with Crippen molar-refractivity contribution in [3.05, 3.63) is 90.3 Å². The molecule has 0 aromatic carbocycles. The molecule has 0 spiro atoms. The SMILES string of the molecule is CN1C(c2ccccn2)=NC(c2ccccn2)N(C)C1c1ccccn1. The average Bonchev–Trinajstić information content (AvgIpc) is 2.70. The second-order valence-corrected chi connectivity index (χ2v) is 6.20. The third kappa shape index (κ3) is 2.95. The van der Waals surface area contributed by atoms with Gasteiger partial charge >= 0.3 is 0 Å². The lowest BCUT2D eigenvalue weighted by atomic mass is 10.1. The van der Waals surface area contributed by atoms with Crippen LogP contribution >= 0.6 is 0 Å². The third-order valence-electron chi connectivity index (χ3n) is 4.52. The second kappa shape index (κ2) is 7.01. The fourth-order valence-electron chi connectivity index (χ4n) is 3.30. The summed E-state index contributed by atoms with van der Waals surface area (Å²) in [6.07, 6.45) is 5.12. The number of rotatable bonds is 3. The highest BCUT2D eigenvalue weighted by atomic mass is 15.5. The van der Waals surface area contributed by atoms with E-state index < -0.39 is 0 Å². The van der Waals surface area contributed by atoms with Gasteiger partial charge in [-0.3, -0.25) is 19.9 Å². The van der Waals surface area contributed by atoms with Crippen LogP contribution in [-0.2, 0) is 0 Å². The zero-order valence-electron chi connectivity index (χ0n) is 14.8. The first-order valence-corrected chi connectivity index (χ1v) is 8.51. The first-order chi connectivity index (χ1) is 12.8. The lowest BCUT2D eigenvalue weighted by Crippen LogP contribution is -2.47. The Bertz CT molecular complexity index is 882. The van der Waals surface area contributed by atoms with Crippen LogP contribution in [0.4, 0.5) is 0 Å². The second-order valence-electron chi connectivity index (χ2n) is 6.20. The van der Waals surface area contributed by atoms with E-state index >= 15 is 0 Å². The average molecular weight is 344 g/mol. The van der Waals surface area contributed by atoms with Crippen molar-refractivity contribution < 1.29 is 0 Å². The molecule has 6 nitrogen and oxygen atoms in total. The maximum atomic E-state index is 4.98. The summed E-state index contributed by atoms with van der Waals surface area (Å²) in [5, 5.41) is 0. The van der Waals surface area contributed by atoms with Crippen LogP contribution in [-0.4, -0.2) is 44.7 Å². The molecule has 3 aromatic rings. The van der Waals surface area contributed by atoms with Crippen molar-refractivity contribution in [2.75, 3.05) is 14.1 Å². The molecule has 1 aliphatic rings. The molecule has 6 heteroatoms. The third-order valence-corrected chi connectivity index (χ3v) is 4.52. The van der Waals surface area contributed by atoms with Crippen LogP contribution in [0, 0.1) is 0 Å². The molecule has 0 N–H and O–H groups in total. The maximum Gasteiger partial charge on any atom is 0.153 e. The van der Waals surface area contributed by atoms with Gasteiger partial charge in [-0.15, -0.1) is 0 Å². The van der Waals surface area contributed by atoms with Crippen molar-refractivity contribution in [3.63, 3.8) is 0 Å². The van der Waals surface area contributed by atoms with Crippen molar-refractivity contribution in [3.8, 4) is 0 Å². The van der Waals surface area contributed by atoms with Crippen LogP contribution in [0.25, 0.3) is 0 Å². The van der Waals surface area contributed by atoms with Crippen LogP contribution in [0.1, 0.15) is 29.4 Å². The largest absolute Gasteiger partial charge is 0.337 e. The smallest absolute Gasteiger partial charge is 0.153 e. The van der Waals surface area contributed by atoms with Crippen LogP contribution in [0.5, 0.6) is 0 Å². The summed E-state index contributed by atoms with van der Waals surface area (Å²) < 4.78 is 0. The Labute approximate surface area is 152 Å². The minimum absolute atomic E-state index is 0.0716. The maximum absolute atomic E-state index is 4.98. The summed E-state index contributed by atoms with van der Waals surface area (Å²) in [5.74, 6) is 0.829. The van der Waals surface area contributed by atoms with Crippen molar-refractivity contribution in [2.45, 2.75) is 12.3 Å². The number of pyridine rings is 3. The highest BCUT2D eigenvalue weighted by Gasteiger charge is 2.36. The fourth-order valence-corrected chi connectivity index (χ4v) is 3.30. The Kier molecular flexibility index (Phi) is 4.41. The monoisotopic (exact) mass is 344 g/mol. The number of nitrogens with zero attached hydrogens (tertiary/aromatic N) is 6. The van der Waals surface area contributed by atoms with Gasteiger partial charge in [0.1, 0.15) is 18.0 Å². The fraction of sp³-hybridized carbons (Fsp3) is 0.200. The van der Waals surface area contributed by atoms with Crippen LogP contribution < -0.4 is 0 Å². The Morgan fingerprint density at radius 3 is 1.92 bits per heavy atom. The molecule has 4 rings (SSSR count). The Balaban J connectivity index is 1.84. The summed E-state index contributed by atoms with van der Waals surface area (Å²) in [7, 11) is 4.08. The van der Waals surface area contributed by atoms with Gasteiger partial charge in [0.15, 0.2) is 5.84 Å². The molecule has 1 aliphatic heterocycles. The van der Waals surface area contributed by atoms with Gasteiger partial charge < -0.3 is 4.90 Å². The van der Waals surface area contributed by atoms with Crippen LogP contribution in [0.3, 0.4) is 0 Å². The summed E-state index contributed by atoms with van der Waals surface area (Å²) in [6.45, 7) is 0. The van der Waals surface area contributed by atoms with E-state index in [2.05, 4.69) is 24.8 Å². The van der Waals surface area contributed by atoms with E-state index in [-0.39, 0.29) is 12.3 Å². The highest BCUT2D eigenvalue weighted by Crippen LogP contribution is 2.35. The molecule has 0 radical (unpaired) electrons. The van der Waals surface area contributed by atoms with E-state index in [1.165, 1.54) is 0 Å². The molecular weight excluding hydrogens is 324 g/mol. The van der Waals surface area contributed by atoms with Gasteiger partial charge in [-0.05, 0) is 43.4 Å². The number of aliphatic imine (C=N–C) groups is 1. The van der Waals surface area contributed by atoms with Gasteiger partial charge in [0, 0.05) is 25.6 Å². The highest BCUT2D eigenvalue weighted by molar-refractivity contribution is 5.97. The Morgan fingerprint density at radius 2 is 1.35 bits per heavy atom. The topological polar surface area (TPSA) is 57.5 Å². The van der Waals surface area contributed by atoms with Crippen molar-refractivity contribution in [1.29, 1.82) is 0 Å². The normalized spacial score (nSPS) is 20.7. The molecule has 0 saturated heterocycles. The molecule has 0 aliphatic carbocycles. The van der Waals surface area contributed by atoms with Gasteiger partial charge in [-0.1, -0.05) is 18.2 Å². The molecule has 26 heavy (non-hydrogen) atoms. The van der Waals surface area contributed by atoms with Gasteiger partial charge in [0.25, 0.3) is 0 Å². The van der Waals surface area contributed by atoms with Gasteiger partial charge in [-0.2, -0.15) is 0 Å².